The summed E-state index contributed by atoms with van der Waals surface area (Å²) in [5, 5.41) is 9.40. The van der Waals surface area contributed by atoms with Crippen molar-refractivity contribution in [2.45, 2.75) is 57.8 Å². The number of benzene rings is 2. The van der Waals surface area contributed by atoms with Gasteiger partial charge in [0.2, 0.25) is 23.2 Å². The Hall–Kier alpha value is -2.93. The Labute approximate surface area is 193 Å². The maximum Gasteiger partial charge on any atom is 0.247 e. The first kappa shape index (κ1) is 22.3. The van der Waals surface area contributed by atoms with Crippen molar-refractivity contribution in [2.24, 2.45) is 0 Å². The minimum Gasteiger partial charge on any atom is -0.447 e. The summed E-state index contributed by atoms with van der Waals surface area (Å²) in [6.07, 6.45) is 2.86. The van der Waals surface area contributed by atoms with Gasteiger partial charge in [-0.15, -0.1) is 10.2 Å². The first-order valence-electron chi connectivity index (χ1n) is 11.2. The minimum absolute atomic E-state index is 0.0275. The topological polar surface area (TPSA) is 68.2 Å². The van der Waals surface area contributed by atoms with Gasteiger partial charge in [0, 0.05) is 23.3 Å². The van der Waals surface area contributed by atoms with Crippen LogP contribution in [-0.4, -0.2) is 26.8 Å². The maximum atomic E-state index is 13.2. The molecule has 166 valence electrons. The lowest BCUT2D eigenvalue weighted by atomic mass is 10.1. The van der Waals surface area contributed by atoms with E-state index in [-0.39, 0.29) is 5.91 Å². The highest BCUT2D eigenvalue weighted by molar-refractivity contribution is 7.99. The second-order valence-corrected chi connectivity index (χ2v) is 8.71. The minimum atomic E-state index is -0.638. The molecule has 0 saturated carbocycles. The van der Waals surface area contributed by atoms with Crippen molar-refractivity contribution in [1.29, 1.82) is 0 Å². The number of nitrogens with zero attached hydrogens (tertiary/aromatic N) is 4. The van der Waals surface area contributed by atoms with Crippen molar-refractivity contribution >= 4 is 23.4 Å². The zero-order chi connectivity index (χ0) is 22.5. The number of anilines is 1. The van der Waals surface area contributed by atoms with E-state index < -0.39 is 6.23 Å². The van der Waals surface area contributed by atoms with Gasteiger partial charge in [-0.05, 0) is 24.5 Å². The number of aromatic nitrogens is 3. The van der Waals surface area contributed by atoms with Crippen LogP contribution in [0.4, 0.5) is 5.69 Å². The number of rotatable bonds is 7. The highest BCUT2D eigenvalue weighted by Gasteiger charge is 2.35. The molecule has 7 heteroatoms. The summed E-state index contributed by atoms with van der Waals surface area (Å²) in [5.74, 6) is 1.30. The van der Waals surface area contributed by atoms with Gasteiger partial charge in [0.15, 0.2) is 5.69 Å². The van der Waals surface area contributed by atoms with E-state index in [2.05, 4.69) is 36.2 Å². The van der Waals surface area contributed by atoms with Crippen molar-refractivity contribution < 1.29 is 9.53 Å². The predicted octanol–water partition coefficient (Wildman–Crippen LogP) is 5.83. The van der Waals surface area contributed by atoms with Crippen molar-refractivity contribution in [2.75, 3.05) is 10.7 Å². The van der Waals surface area contributed by atoms with Crippen molar-refractivity contribution in [3.05, 3.63) is 59.7 Å². The molecule has 0 N–H and O–H groups in total. The molecule has 1 aliphatic heterocycles. The summed E-state index contributed by atoms with van der Waals surface area (Å²) in [7, 11) is 0. The molecule has 1 atom stereocenters. The molecule has 6 nitrogen and oxygen atoms in total. The van der Waals surface area contributed by atoms with Gasteiger partial charge < -0.3 is 4.74 Å². The van der Waals surface area contributed by atoms with Gasteiger partial charge in [-0.1, -0.05) is 81.4 Å². The Kier molecular flexibility index (Phi) is 7.05. The molecule has 0 spiro atoms. The number of amides is 1. The van der Waals surface area contributed by atoms with Crippen LogP contribution in [0.2, 0.25) is 0 Å². The van der Waals surface area contributed by atoms with Crippen LogP contribution in [0.1, 0.15) is 57.4 Å². The summed E-state index contributed by atoms with van der Waals surface area (Å²) in [6, 6.07) is 15.9. The Morgan fingerprint density at radius 2 is 1.84 bits per heavy atom. The lowest BCUT2D eigenvalue weighted by molar-refractivity contribution is -0.120. The number of hydrogen-bond donors (Lipinski definition) is 0. The predicted molar refractivity (Wildman–Crippen MR) is 128 cm³/mol. The van der Waals surface area contributed by atoms with Gasteiger partial charge in [-0.25, -0.2) is 0 Å². The van der Waals surface area contributed by atoms with Crippen LogP contribution in [0.25, 0.3) is 11.3 Å². The van der Waals surface area contributed by atoms with E-state index in [0.717, 1.165) is 41.8 Å². The molecule has 0 aliphatic carbocycles. The number of thioether (sulfide) groups is 1. The summed E-state index contributed by atoms with van der Waals surface area (Å²) >= 11 is 1.57. The van der Waals surface area contributed by atoms with Crippen LogP contribution in [-0.2, 0) is 11.2 Å². The van der Waals surface area contributed by atoms with Crippen LogP contribution in [0.15, 0.2) is 53.7 Å². The SMILES string of the molecule is CCCCSc1nnc2c(n1)O[C@@H](c1ccc(CC)cc1)N(C(=O)CC)c1ccccc1-2. The molecule has 1 aliphatic rings. The third-order valence-electron chi connectivity index (χ3n) is 5.49. The standard InChI is InChI=1S/C25H28N4O2S/c1-4-7-16-32-25-26-23-22(27-28-25)19-10-8-9-11-20(19)29(21(30)6-3)24(31-23)18-14-12-17(5-2)13-15-18/h8-15,24H,4-7,16H2,1-3H3/t24-/m0/s1. The summed E-state index contributed by atoms with van der Waals surface area (Å²) < 4.78 is 6.46. The van der Waals surface area contributed by atoms with Gasteiger partial charge >= 0.3 is 0 Å². The van der Waals surface area contributed by atoms with Gasteiger partial charge in [-0.2, -0.15) is 4.98 Å². The zero-order valence-electron chi connectivity index (χ0n) is 18.7. The number of unbranched alkanes of at least 4 members (excludes halogenated alkanes) is 1. The summed E-state index contributed by atoms with van der Waals surface area (Å²) in [4.78, 5) is 19.6. The monoisotopic (exact) mass is 448 g/mol. The smallest absolute Gasteiger partial charge is 0.247 e. The van der Waals surface area contributed by atoms with E-state index in [0.29, 0.717) is 23.2 Å². The molecule has 0 radical (unpaired) electrons. The Balaban J connectivity index is 1.84. The average Bonchev–Trinajstić information content (AvgIpc) is 2.98. The molecule has 2 heterocycles. The molecule has 0 bridgehead atoms. The molecule has 2 aromatic carbocycles. The summed E-state index contributed by atoms with van der Waals surface area (Å²) in [5.41, 5.74) is 4.23. The van der Waals surface area contributed by atoms with E-state index in [1.807, 2.05) is 43.3 Å². The third kappa shape index (κ3) is 4.48. The molecule has 3 aromatic rings. The van der Waals surface area contributed by atoms with Crippen LogP contribution in [0, 0.1) is 0 Å². The number of carbonyl (C=O) groups is 1. The fourth-order valence-corrected chi connectivity index (χ4v) is 4.52. The highest BCUT2D eigenvalue weighted by atomic mass is 32.2. The van der Waals surface area contributed by atoms with E-state index in [1.54, 1.807) is 16.7 Å². The number of aryl methyl sites for hydroxylation is 1. The number of carbonyl (C=O) groups excluding carboxylic acids is 1. The molecule has 1 aromatic heterocycles. The molecular formula is C25H28N4O2S. The molecule has 0 saturated heterocycles. The van der Waals surface area contributed by atoms with Crippen LogP contribution < -0.4 is 9.64 Å². The number of fused-ring (bicyclic) bond motifs is 3. The lowest BCUT2D eigenvalue weighted by Crippen LogP contribution is -2.37. The van der Waals surface area contributed by atoms with Crippen LogP contribution in [0.5, 0.6) is 5.88 Å². The molecule has 4 rings (SSSR count). The molecular weight excluding hydrogens is 420 g/mol. The van der Waals surface area contributed by atoms with E-state index >= 15 is 0 Å². The van der Waals surface area contributed by atoms with Gasteiger partial charge in [0.05, 0.1) is 5.69 Å². The highest BCUT2D eigenvalue weighted by Crippen LogP contribution is 2.43. The fourth-order valence-electron chi connectivity index (χ4n) is 3.66. The second kappa shape index (κ2) is 10.1. The van der Waals surface area contributed by atoms with Crippen LogP contribution >= 0.6 is 11.8 Å². The molecule has 32 heavy (non-hydrogen) atoms. The average molecular weight is 449 g/mol. The lowest BCUT2D eigenvalue weighted by Gasteiger charge is -2.30. The maximum absolute atomic E-state index is 13.2. The second-order valence-electron chi connectivity index (χ2n) is 7.65. The first-order valence-corrected chi connectivity index (χ1v) is 12.2. The van der Waals surface area contributed by atoms with Gasteiger partial charge in [0.1, 0.15) is 0 Å². The third-order valence-corrected chi connectivity index (χ3v) is 6.41. The molecule has 0 unspecified atom stereocenters. The largest absolute Gasteiger partial charge is 0.447 e. The normalized spacial score (nSPS) is 14.8. The number of ether oxygens (including phenoxy) is 1. The fraction of sp³-hybridized carbons (Fsp3) is 0.360. The van der Waals surface area contributed by atoms with Crippen LogP contribution in [0.3, 0.4) is 0 Å². The molecule has 1 amide bonds. The van der Waals surface area contributed by atoms with Crippen molar-refractivity contribution in [1.82, 2.24) is 15.2 Å². The quantitative estimate of drug-likeness (QED) is 0.335. The van der Waals surface area contributed by atoms with Crippen molar-refractivity contribution in [3.8, 4) is 17.1 Å². The van der Waals surface area contributed by atoms with Gasteiger partial charge in [-0.3, -0.25) is 9.69 Å². The number of hydrogen-bond acceptors (Lipinski definition) is 6. The molecule has 0 fully saturated rings. The number of para-hydroxylation sites is 1. The Morgan fingerprint density at radius 3 is 2.56 bits per heavy atom. The van der Waals surface area contributed by atoms with E-state index in [1.165, 1.54) is 5.56 Å². The zero-order valence-corrected chi connectivity index (χ0v) is 19.6. The van der Waals surface area contributed by atoms with E-state index in [9.17, 15) is 4.79 Å². The summed E-state index contributed by atoms with van der Waals surface area (Å²) in [6.45, 7) is 6.14. The Morgan fingerprint density at radius 1 is 1.06 bits per heavy atom. The van der Waals surface area contributed by atoms with E-state index in [4.69, 9.17) is 9.72 Å². The Bertz CT molecular complexity index is 1090. The van der Waals surface area contributed by atoms with Crippen molar-refractivity contribution in [3.63, 3.8) is 0 Å². The first-order chi connectivity index (χ1) is 15.7. The van der Waals surface area contributed by atoms with Gasteiger partial charge in [0.25, 0.3) is 0 Å².